The first-order valence-electron chi connectivity index (χ1n) is 4.30. The number of carboxylic acid groups (broad SMARTS) is 1. The Kier molecular flexibility index (Phi) is 6.23. The van der Waals surface area contributed by atoms with Gasteiger partial charge in [0.15, 0.2) is 0 Å². The largest absolute Gasteiger partial charge is 0.481 e. The molecule has 4 N–H and O–H groups in total. The molecule has 0 aliphatic heterocycles. The van der Waals surface area contributed by atoms with E-state index >= 15 is 0 Å². The Bertz CT molecular complexity index is 252. The standard InChI is InChI=1S/C8H13NO6/c9-5(4-10)8(14)15-7(13)3-1-2-6(11)12/h5,10H,1-4,9H2,(H,11,12)/t5-/m0/s1. The van der Waals surface area contributed by atoms with Crippen molar-refractivity contribution >= 4 is 17.9 Å². The van der Waals surface area contributed by atoms with E-state index in [1.54, 1.807) is 0 Å². The lowest BCUT2D eigenvalue weighted by atomic mass is 10.2. The second-order valence-corrected chi connectivity index (χ2v) is 2.83. The van der Waals surface area contributed by atoms with Crippen LogP contribution in [0.3, 0.4) is 0 Å². The smallest absolute Gasteiger partial charge is 0.332 e. The molecular formula is C8H13NO6. The van der Waals surface area contributed by atoms with Gasteiger partial charge in [-0.2, -0.15) is 0 Å². The fourth-order valence-corrected chi connectivity index (χ4v) is 0.697. The molecule has 0 aromatic carbocycles. The summed E-state index contributed by atoms with van der Waals surface area (Å²) in [7, 11) is 0. The van der Waals surface area contributed by atoms with E-state index in [1.165, 1.54) is 0 Å². The third-order valence-corrected chi connectivity index (χ3v) is 1.49. The van der Waals surface area contributed by atoms with Crippen LogP contribution in [0.25, 0.3) is 0 Å². The number of carbonyl (C=O) groups excluding carboxylic acids is 2. The number of hydrogen-bond donors (Lipinski definition) is 3. The number of aliphatic carboxylic acids is 1. The molecule has 7 nitrogen and oxygen atoms in total. The summed E-state index contributed by atoms with van der Waals surface area (Å²) >= 11 is 0. The van der Waals surface area contributed by atoms with Crippen molar-refractivity contribution in [3.05, 3.63) is 0 Å². The Hall–Kier alpha value is -1.47. The van der Waals surface area contributed by atoms with Crippen LogP contribution in [0.4, 0.5) is 0 Å². The molecule has 0 unspecified atom stereocenters. The normalized spacial score (nSPS) is 11.9. The van der Waals surface area contributed by atoms with Crippen LogP contribution < -0.4 is 5.73 Å². The number of aliphatic hydroxyl groups is 1. The lowest BCUT2D eigenvalue weighted by Crippen LogP contribution is -2.36. The molecule has 86 valence electrons. The van der Waals surface area contributed by atoms with Crippen LogP contribution in [0.1, 0.15) is 19.3 Å². The van der Waals surface area contributed by atoms with Gasteiger partial charge in [-0.15, -0.1) is 0 Å². The zero-order valence-electron chi connectivity index (χ0n) is 8.01. The zero-order valence-corrected chi connectivity index (χ0v) is 8.01. The highest BCUT2D eigenvalue weighted by atomic mass is 16.6. The fourth-order valence-electron chi connectivity index (χ4n) is 0.697. The van der Waals surface area contributed by atoms with E-state index in [1.807, 2.05) is 0 Å². The van der Waals surface area contributed by atoms with Crippen LogP contribution in [0.2, 0.25) is 0 Å². The summed E-state index contributed by atoms with van der Waals surface area (Å²) in [4.78, 5) is 31.8. The monoisotopic (exact) mass is 219 g/mol. The maximum atomic E-state index is 10.9. The van der Waals surface area contributed by atoms with Crippen LogP contribution in [-0.2, 0) is 19.1 Å². The third-order valence-electron chi connectivity index (χ3n) is 1.49. The maximum Gasteiger partial charge on any atom is 0.332 e. The molecule has 7 heteroatoms. The highest BCUT2D eigenvalue weighted by molar-refractivity contribution is 5.88. The Labute approximate surface area is 85.8 Å². The number of aliphatic hydroxyl groups excluding tert-OH is 1. The van der Waals surface area contributed by atoms with Gasteiger partial charge in [-0.05, 0) is 6.42 Å². The molecular weight excluding hydrogens is 206 g/mol. The molecule has 15 heavy (non-hydrogen) atoms. The van der Waals surface area contributed by atoms with E-state index in [0.29, 0.717) is 0 Å². The number of carboxylic acids is 1. The van der Waals surface area contributed by atoms with Gasteiger partial charge in [0, 0.05) is 12.8 Å². The highest BCUT2D eigenvalue weighted by Crippen LogP contribution is 1.98. The van der Waals surface area contributed by atoms with E-state index in [9.17, 15) is 14.4 Å². The van der Waals surface area contributed by atoms with E-state index < -0.39 is 30.6 Å². The van der Waals surface area contributed by atoms with Crippen LogP contribution in [0.15, 0.2) is 0 Å². The second-order valence-electron chi connectivity index (χ2n) is 2.83. The number of ether oxygens (including phenoxy) is 1. The third kappa shape index (κ3) is 6.58. The number of rotatable bonds is 6. The lowest BCUT2D eigenvalue weighted by Gasteiger charge is -2.06. The average Bonchev–Trinajstić information content (AvgIpc) is 2.15. The molecule has 1 atom stereocenters. The SMILES string of the molecule is N[C@@H](CO)C(=O)OC(=O)CCCC(=O)O. The number of esters is 2. The Morgan fingerprint density at radius 3 is 2.33 bits per heavy atom. The molecule has 0 saturated heterocycles. The van der Waals surface area contributed by atoms with Gasteiger partial charge in [0.2, 0.25) is 0 Å². The van der Waals surface area contributed by atoms with Crippen molar-refractivity contribution in [2.75, 3.05) is 6.61 Å². The minimum absolute atomic E-state index is 0.0931. The summed E-state index contributed by atoms with van der Waals surface area (Å²) in [5, 5.41) is 16.7. The van der Waals surface area contributed by atoms with Crippen molar-refractivity contribution in [3.63, 3.8) is 0 Å². The molecule has 0 bridgehead atoms. The van der Waals surface area contributed by atoms with E-state index in [-0.39, 0.29) is 19.3 Å². The molecule has 0 amide bonds. The molecule has 0 aromatic heterocycles. The van der Waals surface area contributed by atoms with Crippen molar-refractivity contribution in [1.29, 1.82) is 0 Å². The predicted molar refractivity (Wildman–Crippen MR) is 47.6 cm³/mol. The summed E-state index contributed by atoms with van der Waals surface area (Å²) in [6, 6.07) is -1.24. The van der Waals surface area contributed by atoms with Crippen molar-refractivity contribution in [2.45, 2.75) is 25.3 Å². The van der Waals surface area contributed by atoms with Crippen molar-refractivity contribution in [2.24, 2.45) is 5.73 Å². The minimum Gasteiger partial charge on any atom is -0.481 e. The molecule has 0 saturated carbocycles. The van der Waals surface area contributed by atoms with Gasteiger partial charge in [0.25, 0.3) is 0 Å². The van der Waals surface area contributed by atoms with Gasteiger partial charge in [-0.1, -0.05) is 0 Å². The molecule has 0 aliphatic rings. The van der Waals surface area contributed by atoms with E-state index in [0.717, 1.165) is 0 Å². The summed E-state index contributed by atoms with van der Waals surface area (Å²) in [6.07, 6.45) is -0.249. The van der Waals surface area contributed by atoms with Crippen LogP contribution >= 0.6 is 0 Å². The zero-order chi connectivity index (χ0) is 11.8. The first-order chi connectivity index (χ1) is 6.97. The van der Waals surface area contributed by atoms with Gasteiger partial charge >= 0.3 is 17.9 Å². The molecule has 0 aliphatic carbocycles. The van der Waals surface area contributed by atoms with Crippen LogP contribution in [-0.4, -0.2) is 40.8 Å². The molecule has 0 aromatic rings. The lowest BCUT2D eigenvalue weighted by molar-refractivity contribution is -0.161. The number of hydrogen-bond acceptors (Lipinski definition) is 6. The van der Waals surface area contributed by atoms with Crippen LogP contribution in [0, 0.1) is 0 Å². The van der Waals surface area contributed by atoms with Crippen molar-refractivity contribution in [1.82, 2.24) is 0 Å². The molecule has 0 spiro atoms. The Morgan fingerprint density at radius 1 is 1.27 bits per heavy atom. The van der Waals surface area contributed by atoms with Gasteiger partial charge in [-0.25, -0.2) is 4.79 Å². The quantitative estimate of drug-likeness (QED) is 0.371. The molecule has 0 rings (SSSR count). The predicted octanol–water partition coefficient (Wildman–Crippen LogP) is -1.37. The van der Waals surface area contributed by atoms with Crippen molar-refractivity contribution in [3.8, 4) is 0 Å². The van der Waals surface area contributed by atoms with Gasteiger partial charge in [0.1, 0.15) is 6.04 Å². The van der Waals surface area contributed by atoms with Crippen molar-refractivity contribution < 1.29 is 29.3 Å². The van der Waals surface area contributed by atoms with Gasteiger partial charge in [0.05, 0.1) is 6.61 Å². The van der Waals surface area contributed by atoms with E-state index in [4.69, 9.17) is 15.9 Å². The first kappa shape index (κ1) is 13.5. The van der Waals surface area contributed by atoms with Crippen LogP contribution in [0.5, 0.6) is 0 Å². The second kappa shape index (κ2) is 6.91. The summed E-state index contributed by atoms with van der Waals surface area (Å²) in [5.74, 6) is -2.89. The highest BCUT2D eigenvalue weighted by Gasteiger charge is 2.17. The molecule has 0 heterocycles. The number of carbonyl (C=O) groups is 3. The van der Waals surface area contributed by atoms with Gasteiger partial charge in [-0.3, -0.25) is 9.59 Å². The summed E-state index contributed by atoms with van der Waals surface area (Å²) < 4.78 is 4.23. The Morgan fingerprint density at radius 2 is 1.87 bits per heavy atom. The topological polar surface area (TPSA) is 127 Å². The average molecular weight is 219 g/mol. The summed E-state index contributed by atoms with van der Waals surface area (Å²) in [5.41, 5.74) is 5.07. The maximum absolute atomic E-state index is 10.9. The first-order valence-corrected chi connectivity index (χ1v) is 4.30. The minimum atomic E-state index is -1.24. The fraction of sp³-hybridized carbons (Fsp3) is 0.625. The number of nitrogens with two attached hydrogens (primary N) is 1. The summed E-state index contributed by atoms with van der Waals surface area (Å²) in [6.45, 7) is -0.610. The molecule has 0 radical (unpaired) electrons. The van der Waals surface area contributed by atoms with Gasteiger partial charge < -0.3 is 20.7 Å². The van der Waals surface area contributed by atoms with E-state index in [2.05, 4.69) is 4.74 Å². The Balaban J connectivity index is 3.74. The molecule has 0 fully saturated rings.